The average Bonchev–Trinajstić information content (AvgIpc) is 3.30. The van der Waals surface area contributed by atoms with Crippen molar-refractivity contribution in [3.63, 3.8) is 0 Å². The summed E-state index contributed by atoms with van der Waals surface area (Å²) >= 11 is 0. The highest BCUT2D eigenvalue weighted by molar-refractivity contribution is 5.80. The highest BCUT2D eigenvalue weighted by Gasteiger charge is 2.28. The molecule has 0 N–H and O–H groups in total. The third-order valence-electron chi connectivity index (χ3n) is 4.18. The summed E-state index contributed by atoms with van der Waals surface area (Å²) in [5.74, 6) is 0.467. The van der Waals surface area contributed by atoms with Crippen LogP contribution >= 0.6 is 0 Å². The van der Waals surface area contributed by atoms with Crippen molar-refractivity contribution < 1.29 is 9.32 Å². The zero-order valence-electron chi connectivity index (χ0n) is 13.2. The summed E-state index contributed by atoms with van der Waals surface area (Å²) in [6.45, 7) is 2.90. The molecule has 4 rings (SSSR count). The molecule has 3 aromatic rings. The van der Waals surface area contributed by atoms with Crippen LogP contribution in [0.25, 0.3) is 11.4 Å². The Bertz CT molecular complexity index is 856. The molecule has 0 radical (unpaired) electrons. The van der Waals surface area contributed by atoms with Crippen LogP contribution < -0.4 is 0 Å². The second kappa shape index (κ2) is 5.88. The van der Waals surface area contributed by atoms with Crippen LogP contribution in [0.15, 0.2) is 41.1 Å². The Labute approximate surface area is 138 Å². The van der Waals surface area contributed by atoms with E-state index in [-0.39, 0.29) is 5.91 Å². The van der Waals surface area contributed by atoms with Crippen LogP contribution in [-0.4, -0.2) is 42.7 Å². The van der Waals surface area contributed by atoms with E-state index in [9.17, 15) is 4.79 Å². The number of carbonyl (C=O) groups excluding carboxylic acids is 1. The molecule has 0 fully saturated rings. The molecule has 1 aromatic carbocycles. The van der Waals surface area contributed by atoms with Gasteiger partial charge in [-0.3, -0.25) is 4.79 Å². The predicted molar refractivity (Wildman–Crippen MR) is 83.6 cm³/mol. The van der Waals surface area contributed by atoms with Crippen molar-refractivity contribution in [2.75, 3.05) is 6.54 Å². The second-order valence-corrected chi connectivity index (χ2v) is 5.77. The van der Waals surface area contributed by atoms with Crippen molar-refractivity contribution in [1.82, 2.24) is 30.3 Å². The quantitative estimate of drug-likeness (QED) is 0.725. The highest BCUT2D eigenvalue weighted by atomic mass is 16.5. The Balaban J connectivity index is 1.51. The number of rotatable bonds is 3. The van der Waals surface area contributed by atoms with E-state index >= 15 is 0 Å². The van der Waals surface area contributed by atoms with Gasteiger partial charge in [0.1, 0.15) is 12.3 Å². The summed E-state index contributed by atoms with van der Waals surface area (Å²) in [6.07, 6.45) is 2.30. The van der Waals surface area contributed by atoms with E-state index in [1.807, 2.05) is 30.3 Å². The van der Waals surface area contributed by atoms with Gasteiger partial charge in [-0.2, -0.15) is 4.80 Å². The average molecular weight is 324 g/mol. The molecule has 24 heavy (non-hydrogen) atoms. The first-order chi connectivity index (χ1) is 11.7. The van der Waals surface area contributed by atoms with E-state index in [1.165, 1.54) is 4.80 Å². The molecule has 0 saturated heterocycles. The number of amides is 1. The fraction of sp³-hybridized carbons (Fsp3) is 0.312. The molecular formula is C16H16N6O2. The molecule has 1 aliphatic rings. The summed E-state index contributed by atoms with van der Waals surface area (Å²) in [6, 6.07) is 9.05. The van der Waals surface area contributed by atoms with Crippen LogP contribution in [0.2, 0.25) is 0 Å². The maximum absolute atomic E-state index is 12.7. The van der Waals surface area contributed by atoms with Crippen molar-refractivity contribution in [3.05, 3.63) is 47.9 Å². The van der Waals surface area contributed by atoms with Gasteiger partial charge in [0.15, 0.2) is 0 Å². The summed E-state index contributed by atoms with van der Waals surface area (Å²) in [7, 11) is 0. The van der Waals surface area contributed by atoms with Gasteiger partial charge in [0.2, 0.25) is 11.7 Å². The van der Waals surface area contributed by atoms with Gasteiger partial charge in [0.05, 0.1) is 12.2 Å². The number of hydrogen-bond donors (Lipinski definition) is 0. The third kappa shape index (κ3) is 2.55. The van der Waals surface area contributed by atoms with Crippen LogP contribution in [0.4, 0.5) is 0 Å². The summed E-state index contributed by atoms with van der Waals surface area (Å²) in [5, 5.41) is 16.4. The minimum Gasteiger partial charge on any atom is -0.364 e. The highest BCUT2D eigenvalue weighted by Crippen LogP contribution is 2.20. The number of carbonyl (C=O) groups is 1. The molecule has 0 spiro atoms. The molecule has 3 heterocycles. The van der Waals surface area contributed by atoms with Gasteiger partial charge in [0, 0.05) is 24.1 Å². The molecule has 1 amide bonds. The van der Waals surface area contributed by atoms with Crippen molar-refractivity contribution in [2.45, 2.75) is 25.9 Å². The number of aromatic nitrogens is 5. The van der Waals surface area contributed by atoms with E-state index in [0.29, 0.717) is 25.3 Å². The largest absolute Gasteiger partial charge is 0.364 e. The van der Waals surface area contributed by atoms with Crippen LogP contribution in [0, 0.1) is 0 Å². The van der Waals surface area contributed by atoms with Gasteiger partial charge >= 0.3 is 0 Å². The number of benzene rings is 1. The fourth-order valence-electron chi connectivity index (χ4n) is 2.78. The Morgan fingerprint density at radius 3 is 2.96 bits per heavy atom. The first-order valence-corrected chi connectivity index (χ1v) is 7.78. The monoisotopic (exact) mass is 324 g/mol. The number of tetrazole rings is 1. The Morgan fingerprint density at radius 1 is 1.29 bits per heavy atom. The smallest absolute Gasteiger partial charge is 0.249 e. The number of nitrogens with zero attached hydrogens (tertiary/aromatic N) is 6. The van der Waals surface area contributed by atoms with Crippen molar-refractivity contribution in [3.8, 4) is 11.4 Å². The normalized spacial score (nSPS) is 15.1. The lowest BCUT2D eigenvalue weighted by Gasteiger charge is -2.27. The Morgan fingerprint density at radius 2 is 2.12 bits per heavy atom. The molecular weight excluding hydrogens is 308 g/mol. The number of hydrogen-bond acceptors (Lipinski definition) is 6. The van der Waals surface area contributed by atoms with Gasteiger partial charge in [0.25, 0.3) is 0 Å². The molecule has 0 aliphatic carbocycles. The van der Waals surface area contributed by atoms with Gasteiger partial charge in [-0.15, -0.1) is 10.2 Å². The van der Waals surface area contributed by atoms with E-state index in [1.54, 1.807) is 18.1 Å². The molecule has 8 nitrogen and oxygen atoms in total. The Kier molecular flexibility index (Phi) is 3.56. The zero-order valence-corrected chi connectivity index (χ0v) is 13.2. The lowest BCUT2D eigenvalue weighted by Crippen LogP contribution is -2.40. The molecule has 8 heteroatoms. The molecule has 1 aliphatic heterocycles. The van der Waals surface area contributed by atoms with Crippen molar-refractivity contribution in [1.29, 1.82) is 0 Å². The summed E-state index contributed by atoms with van der Waals surface area (Å²) < 4.78 is 4.97. The maximum Gasteiger partial charge on any atom is 0.249 e. The zero-order chi connectivity index (χ0) is 16.5. The molecule has 0 bridgehead atoms. The van der Waals surface area contributed by atoms with E-state index < -0.39 is 6.04 Å². The first kappa shape index (κ1) is 14.6. The topological polar surface area (TPSA) is 89.9 Å². The molecule has 122 valence electrons. The predicted octanol–water partition coefficient (Wildman–Crippen LogP) is 1.47. The van der Waals surface area contributed by atoms with Crippen LogP contribution in [0.3, 0.4) is 0 Å². The molecule has 1 unspecified atom stereocenters. The van der Waals surface area contributed by atoms with E-state index in [2.05, 4.69) is 20.6 Å². The van der Waals surface area contributed by atoms with Gasteiger partial charge in [-0.05, 0) is 12.1 Å². The maximum atomic E-state index is 12.7. The minimum absolute atomic E-state index is 0.0427. The van der Waals surface area contributed by atoms with Crippen molar-refractivity contribution in [2.24, 2.45) is 0 Å². The first-order valence-electron chi connectivity index (χ1n) is 7.78. The van der Waals surface area contributed by atoms with Gasteiger partial charge < -0.3 is 9.42 Å². The number of fused-ring (bicyclic) bond motifs is 1. The van der Waals surface area contributed by atoms with Crippen LogP contribution in [0.5, 0.6) is 0 Å². The summed E-state index contributed by atoms with van der Waals surface area (Å²) in [5.41, 5.74) is 2.76. The van der Waals surface area contributed by atoms with Crippen LogP contribution in [-0.2, 0) is 17.8 Å². The SMILES string of the molecule is CC(C(=O)N1CCc2nocc2C1)n1nnc(-c2ccccc2)n1. The van der Waals surface area contributed by atoms with E-state index in [0.717, 1.165) is 16.8 Å². The van der Waals surface area contributed by atoms with Crippen molar-refractivity contribution >= 4 is 5.91 Å². The van der Waals surface area contributed by atoms with Crippen LogP contribution in [0.1, 0.15) is 24.2 Å². The van der Waals surface area contributed by atoms with Gasteiger partial charge in [-0.1, -0.05) is 35.5 Å². The molecule has 2 aromatic heterocycles. The lowest BCUT2D eigenvalue weighted by molar-refractivity contribution is -0.135. The third-order valence-corrected chi connectivity index (χ3v) is 4.18. The lowest BCUT2D eigenvalue weighted by atomic mass is 10.1. The van der Waals surface area contributed by atoms with E-state index in [4.69, 9.17) is 4.52 Å². The Hall–Kier alpha value is -3.03. The van der Waals surface area contributed by atoms with Gasteiger partial charge in [-0.25, -0.2) is 0 Å². The second-order valence-electron chi connectivity index (χ2n) is 5.77. The minimum atomic E-state index is -0.517. The fourth-order valence-corrected chi connectivity index (χ4v) is 2.78. The molecule has 1 atom stereocenters. The summed E-state index contributed by atoms with van der Waals surface area (Å²) in [4.78, 5) is 15.9. The molecule has 0 saturated carbocycles. The standard InChI is InChI=1S/C16H16N6O2/c1-11(16(23)21-8-7-14-13(9-21)10-24-19-14)22-18-15(17-20-22)12-5-3-2-4-6-12/h2-6,10-11H,7-9H2,1H3.